The molecule has 0 spiro atoms. The number of carbonyl (C=O) groups is 1. The molecule has 1 saturated carbocycles. The lowest BCUT2D eigenvalue weighted by molar-refractivity contribution is -0.116. The quantitative estimate of drug-likeness (QED) is 0.890. The smallest absolute Gasteiger partial charge is 0.271 e. The van der Waals surface area contributed by atoms with Crippen molar-refractivity contribution in [3.63, 3.8) is 0 Å². The van der Waals surface area contributed by atoms with Crippen LogP contribution in [0.15, 0.2) is 21.5 Å². The van der Waals surface area contributed by atoms with E-state index in [9.17, 15) is 9.59 Å². The summed E-state index contributed by atoms with van der Waals surface area (Å²) in [6.07, 6.45) is 9.37. The second-order valence-corrected chi connectivity index (χ2v) is 6.07. The van der Waals surface area contributed by atoms with Gasteiger partial charge in [0.2, 0.25) is 5.91 Å². The lowest BCUT2D eigenvalue weighted by atomic mass is 9.86. The maximum Gasteiger partial charge on any atom is 0.271 e. The van der Waals surface area contributed by atoms with Crippen LogP contribution in [0.2, 0.25) is 0 Å². The van der Waals surface area contributed by atoms with Crippen molar-refractivity contribution in [2.24, 2.45) is 5.92 Å². The number of carbonyl (C=O) groups excluding carboxylic acids is 1. The Hall–Kier alpha value is -1.10. The van der Waals surface area contributed by atoms with Crippen molar-refractivity contribution >= 4 is 27.5 Å². The predicted molar refractivity (Wildman–Crippen MR) is 79.2 cm³/mol. The summed E-state index contributed by atoms with van der Waals surface area (Å²) in [6.45, 7) is 0. The molecule has 1 fully saturated rings. The van der Waals surface area contributed by atoms with Gasteiger partial charge in [0, 0.05) is 17.1 Å². The van der Waals surface area contributed by atoms with Crippen molar-refractivity contribution in [2.75, 3.05) is 5.32 Å². The fourth-order valence-corrected chi connectivity index (χ4v) is 2.92. The first kappa shape index (κ1) is 14.3. The molecule has 0 unspecified atom stereocenters. The maximum absolute atomic E-state index is 11.8. The van der Waals surface area contributed by atoms with E-state index in [0.717, 1.165) is 10.9 Å². The van der Waals surface area contributed by atoms with Crippen LogP contribution in [0.5, 0.6) is 0 Å². The van der Waals surface area contributed by atoms with Gasteiger partial charge in [-0.05, 0) is 34.3 Å². The van der Waals surface area contributed by atoms with E-state index in [-0.39, 0.29) is 11.5 Å². The molecule has 1 aromatic heterocycles. The van der Waals surface area contributed by atoms with Gasteiger partial charge in [0.1, 0.15) is 5.69 Å². The average molecular weight is 327 g/mol. The van der Waals surface area contributed by atoms with Crippen LogP contribution in [0.1, 0.15) is 44.9 Å². The molecule has 0 saturated heterocycles. The summed E-state index contributed by atoms with van der Waals surface area (Å²) in [5, 5.41) is 2.68. The number of aromatic nitrogens is 1. The number of amides is 1. The lowest BCUT2D eigenvalue weighted by Crippen LogP contribution is -2.20. The molecule has 4 nitrogen and oxygen atoms in total. The fourth-order valence-electron chi connectivity index (χ4n) is 2.57. The zero-order valence-electron chi connectivity index (χ0n) is 10.9. The van der Waals surface area contributed by atoms with E-state index in [1.807, 2.05) is 0 Å². The Balaban J connectivity index is 1.83. The Morgan fingerprint density at radius 2 is 2.11 bits per heavy atom. The Labute approximate surface area is 121 Å². The van der Waals surface area contributed by atoms with Gasteiger partial charge >= 0.3 is 0 Å². The number of rotatable bonds is 4. The molecule has 104 valence electrons. The van der Waals surface area contributed by atoms with E-state index in [4.69, 9.17) is 0 Å². The zero-order valence-corrected chi connectivity index (χ0v) is 12.5. The lowest BCUT2D eigenvalue weighted by Gasteiger charge is -2.20. The van der Waals surface area contributed by atoms with Gasteiger partial charge in [-0.3, -0.25) is 9.59 Å². The Kier molecular flexibility index (Phi) is 5.19. The topological polar surface area (TPSA) is 62.0 Å². The van der Waals surface area contributed by atoms with Gasteiger partial charge in [-0.2, -0.15) is 0 Å². The normalized spacial score (nSPS) is 16.3. The third-order valence-electron chi connectivity index (χ3n) is 3.65. The van der Waals surface area contributed by atoms with E-state index < -0.39 is 0 Å². The van der Waals surface area contributed by atoms with E-state index in [0.29, 0.717) is 18.0 Å². The highest BCUT2D eigenvalue weighted by atomic mass is 79.9. The molecule has 0 aliphatic heterocycles. The van der Waals surface area contributed by atoms with Gasteiger partial charge in [0.05, 0.1) is 0 Å². The highest BCUT2D eigenvalue weighted by molar-refractivity contribution is 9.10. The standard InChI is InChI=1S/C14H19BrN2O2/c15-11-8-12(14(19)16-9-11)17-13(18)7-6-10-4-2-1-3-5-10/h8-10H,1-7H2,(H,16,19)(H,17,18). The van der Waals surface area contributed by atoms with Crippen molar-refractivity contribution in [2.45, 2.75) is 44.9 Å². The van der Waals surface area contributed by atoms with Crippen LogP contribution in [-0.4, -0.2) is 10.9 Å². The van der Waals surface area contributed by atoms with E-state index in [1.54, 1.807) is 12.3 Å². The summed E-state index contributed by atoms with van der Waals surface area (Å²) in [5.74, 6) is 0.606. The zero-order chi connectivity index (χ0) is 13.7. The maximum atomic E-state index is 11.8. The summed E-state index contributed by atoms with van der Waals surface area (Å²) < 4.78 is 0.745. The first-order chi connectivity index (χ1) is 9.15. The van der Waals surface area contributed by atoms with Gasteiger partial charge in [-0.1, -0.05) is 32.1 Å². The third kappa shape index (κ3) is 4.49. The van der Waals surface area contributed by atoms with Crippen molar-refractivity contribution in [1.82, 2.24) is 4.98 Å². The van der Waals surface area contributed by atoms with Gasteiger partial charge in [-0.15, -0.1) is 0 Å². The minimum atomic E-state index is -0.269. The Bertz CT molecular complexity index is 492. The molecular formula is C14H19BrN2O2. The largest absolute Gasteiger partial charge is 0.326 e. The fraction of sp³-hybridized carbons (Fsp3) is 0.571. The molecule has 1 aliphatic rings. The van der Waals surface area contributed by atoms with Crippen LogP contribution in [0.25, 0.3) is 0 Å². The number of nitrogens with one attached hydrogen (secondary N) is 2. The molecule has 0 atom stereocenters. The van der Waals surface area contributed by atoms with Gasteiger partial charge in [-0.25, -0.2) is 0 Å². The molecular weight excluding hydrogens is 308 g/mol. The summed E-state index contributed by atoms with van der Waals surface area (Å²) >= 11 is 3.27. The molecule has 2 rings (SSSR count). The molecule has 1 heterocycles. The third-order valence-corrected chi connectivity index (χ3v) is 4.10. The van der Waals surface area contributed by atoms with E-state index in [1.165, 1.54) is 32.1 Å². The number of halogens is 1. The van der Waals surface area contributed by atoms with Crippen molar-refractivity contribution in [3.8, 4) is 0 Å². The molecule has 1 aliphatic carbocycles. The van der Waals surface area contributed by atoms with E-state index in [2.05, 4.69) is 26.2 Å². The number of hydrogen-bond acceptors (Lipinski definition) is 2. The number of aromatic amines is 1. The molecule has 0 radical (unpaired) electrons. The average Bonchev–Trinajstić information content (AvgIpc) is 2.42. The van der Waals surface area contributed by atoms with Gasteiger partial charge < -0.3 is 10.3 Å². The minimum absolute atomic E-state index is 0.0748. The van der Waals surface area contributed by atoms with Crippen molar-refractivity contribution < 1.29 is 4.79 Å². The molecule has 1 amide bonds. The van der Waals surface area contributed by atoms with Crippen molar-refractivity contribution in [1.29, 1.82) is 0 Å². The Morgan fingerprint density at radius 3 is 2.84 bits per heavy atom. The predicted octanol–water partition coefficient (Wildman–Crippen LogP) is 3.44. The van der Waals surface area contributed by atoms with Crippen LogP contribution >= 0.6 is 15.9 Å². The van der Waals surface area contributed by atoms with Gasteiger partial charge in [0.15, 0.2) is 0 Å². The molecule has 2 N–H and O–H groups in total. The van der Waals surface area contributed by atoms with Crippen LogP contribution < -0.4 is 10.9 Å². The molecule has 5 heteroatoms. The number of hydrogen-bond donors (Lipinski definition) is 2. The first-order valence-electron chi connectivity index (χ1n) is 6.83. The second-order valence-electron chi connectivity index (χ2n) is 5.15. The molecule has 1 aromatic rings. The van der Waals surface area contributed by atoms with E-state index >= 15 is 0 Å². The monoisotopic (exact) mass is 326 g/mol. The second kappa shape index (κ2) is 6.89. The number of anilines is 1. The number of pyridine rings is 1. The SMILES string of the molecule is O=C(CCC1CCCCC1)Nc1cc(Br)c[nH]c1=O. The summed E-state index contributed by atoms with van der Waals surface area (Å²) in [6, 6.07) is 1.62. The highest BCUT2D eigenvalue weighted by Crippen LogP contribution is 2.27. The minimum Gasteiger partial charge on any atom is -0.326 e. The van der Waals surface area contributed by atoms with Crippen molar-refractivity contribution in [3.05, 3.63) is 27.1 Å². The molecule has 19 heavy (non-hydrogen) atoms. The Morgan fingerprint density at radius 1 is 1.37 bits per heavy atom. The first-order valence-corrected chi connectivity index (χ1v) is 7.62. The van der Waals surface area contributed by atoms with Crippen LogP contribution in [-0.2, 0) is 4.79 Å². The van der Waals surface area contributed by atoms with Crippen LogP contribution in [0, 0.1) is 5.92 Å². The van der Waals surface area contributed by atoms with Crippen LogP contribution in [0.3, 0.4) is 0 Å². The summed E-state index contributed by atoms with van der Waals surface area (Å²) in [4.78, 5) is 25.9. The highest BCUT2D eigenvalue weighted by Gasteiger charge is 2.15. The number of H-pyrrole nitrogens is 1. The van der Waals surface area contributed by atoms with Gasteiger partial charge in [0.25, 0.3) is 5.56 Å². The molecule has 0 aromatic carbocycles. The van der Waals surface area contributed by atoms with Crippen LogP contribution in [0.4, 0.5) is 5.69 Å². The molecule has 0 bridgehead atoms. The summed E-state index contributed by atoms with van der Waals surface area (Å²) in [5.41, 5.74) is 0.0391. The summed E-state index contributed by atoms with van der Waals surface area (Å²) in [7, 11) is 0.